The van der Waals surface area contributed by atoms with Gasteiger partial charge in [0.2, 0.25) is 0 Å². The van der Waals surface area contributed by atoms with Crippen molar-refractivity contribution in [2.45, 2.75) is 0 Å². The van der Waals surface area contributed by atoms with Gasteiger partial charge in [0.15, 0.2) is 5.11 Å². The molecule has 1 rings (SSSR count). The van der Waals surface area contributed by atoms with Gasteiger partial charge in [0.25, 0.3) is 0 Å². The van der Waals surface area contributed by atoms with Gasteiger partial charge in [-0.1, -0.05) is 29.3 Å². The fourth-order valence-electron chi connectivity index (χ4n) is 0.763. The zero-order valence-electron chi connectivity index (χ0n) is 7.00. The van der Waals surface area contributed by atoms with Crippen LogP contribution >= 0.6 is 35.4 Å². The molecule has 0 saturated heterocycles. The number of thiocarbonyl (C=S) groups is 1. The van der Waals surface area contributed by atoms with Crippen molar-refractivity contribution in [3.63, 3.8) is 0 Å². The van der Waals surface area contributed by atoms with Gasteiger partial charge in [0.05, 0.1) is 16.3 Å². The predicted octanol–water partition coefficient (Wildman–Crippen LogP) is 2.16. The monoisotopic (exact) mass is 247 g/mol. The number of hydrazone groups is 1. The van der Waals surface area contributed by atoms with Crippen LogP contribution in [0.4, 0.5) is 0 Å². The van der Waals surface area contributed by atoms with Crippen LogP contribution in [0.2, 0.25) is 10.0 Å². The Morgan fingerprint density at radius 3 is 2.71 bits per heavy atom. The third-order valence-electron chi connectivity index (χ3n) is 1.33. The smallest absolute Gasteiger partial charge is 0.184 e. The molecule has 3 nitrogen and oxygen atoms in total. The average molecular weight is 248 g/mol. The Balaban J connectivity index is 2.73. The van der Waals surface area contributed by atoms with E-state index in [1.54, 1.807) is 24.4 Å². The molecule has 0 saturated carbocycles. The van der Waals surface area contributed by atoms with Crippen LogP contribution in [0.3, 0.4) is 0 Å². The van der Waals surface area contributed by atoms with Crippen molar-refractivity contribution in [1.82, 2.24) is 5.43 Å². The van der Waals surface area contributed by atoms with E-state index >= 15 is 0 Å². The van der Waals surface area contributed by atoms with Crippen molar-refractivity contribution in [3.05, 3.63) is 33.8 Å². The minimum atomic E-state index is 0.112. The van der Waals surface area contributed by atoms with E-state index in [2.05, 4.69) is 22.7 Å². The molecule has 0 aromatic heterocycles. The fourth-order valence-corrected chi connectivity index (χ4v) is 1.12. The van der Waals surface area contributed by atoms with Crippen LogP contribution in [0, 0.1) is 0 Å². The molecule has 0 atom stereocenters. The normalized spacial score (nSPS) is 10.4. The lowest BCUT2D eigenvalue weighted by atomic mass is 10.2. The maximum Gasteiger partial charge on any atom is 0.184 e. The van der Waals surface area contributed by atoms with E-state index in [1.165, 1.54) is 0 Å². The Morgan fingerprint density at radius 2 is 2.14 bits per heavy atom. The summed E-state index contributed by atoms with van der Waals surface area (Å²) in [6, 6.07) is 5.15. The Morgan fingerprint density at radius 1 is 1.43 bits per heavy atom. The summed E-state index contributed by atoms with van der Waals surface area (Å²) in [6.45, 7) is 0. The quantitative estimate of drug-likeness (QED) is 0.479. The standard InChI is InChI=1S/C8H7Cl2N3S/c9-6-2-1-5(3-7(6)10)4-12-13-8(11)14/h1-4H,(H3,11,13,14)/b12-4+. The van der Waals surface area contributed by atoms with Crippen LogP contribution in [0.1, 0.15) is 5.56 Å². The first-order valence-corrected chi connectivity index (χ1v) is 4.79. The van der Waals surface area contributed by atoms with Gasteiger partial charge in [-0.05, 0) is 29.9 Å². The molecule has 0 aliphatic rings. The second-order valence-corrected chi connectivity index (χ2v) is 3.66. The van der Waals surface area contributed by atoms with Crippen LogP contribution in [0.15, 0.2) is 23.3 Å². The van der Waals surface area contributed by atoms with Crippen LogP contribution in [-0.2, 0) is 0 Å². The summed E-state index contributed by atoms with van der Waals surface area (Å²) in [7, 11) is 0. The van der Waals surface area contributed by atoms with Crippen molar-refractivity contribution < 1.29 is 0 Å². The molecule has 0 bridgehead atoms. The zero-order chi connectivity index (χ0) is 10.6. The first kappa shape index (κ1) is 11.2. The molecule has 0 fully saturated rings. The molecule has 0 spiro atoms. The summed E-state index contributed by atoms with van der Waals surface area (Å²) in [5.41, 5.74) is 8.41. The summed E-state index contributed by atoms with van der Waals surface area (Å²) in [5.74, 6) is 0. The number of hydrogen-bond acceptors (Lipinski definition) is 2. The molecule has 3 N–H and O–H groups in total. The summed E-state index contributed by atoms with van der Waals surface area (Å²) in [4.78, 5) is 0. The van der Waals surface area contributed by atoms with Gasteiger partial charge in [-0.2, -0.15) is 5.10 Å². The van der Waals surface area contributed by atoms with E-state index in [0.717, 1.165) is 5.56 Å². The molecule has 74 valence electrons. The average Bonchev–Trinajstić information content (AvgIpc) is 2.10. The lowest BCUT2D eigenvalue weighted by Gasteiger charge is -1.97. The first-order chi connectivity index (χ1) is 6.59. The van der Waals surface area contributed by atoms with Crippen molar-refractivity contribution in [3.8, 4) is 0 Å². The van der Waals surface area contributed by atoms with E-state index in [1.807, 2.05) is 0 Å². The van der Waals surface area contributed by atoms with Gasteiger partial charge in [-0.15, -0.1) is 0 Å². The number of nitrogens with zero attached hydrogens (tertiary/aromatic N) is 1. The van der Waals surface area contributed by atoms with Gasteiger partial charge in [-0.25, -0.2) is 0 Å². The summed E-state index contributed by atoms with van der Waals surface area (Å²) in [5, 5.41) is 4.86. The molecule has 0 radical (unpaired) electrons. The van der Waals surface area contributed by atoms with Gasteiger partial charge in [0, 0.05) is 0 Å². The minimum Gasteiger partial charge on any atom is -0.375 e. The van der Waals surface area contributed by atoms with Crippen LogP contribution in [0.5, 0.6) is 0 Å². The topological polar surface area (TPSA) is 50.4 Å². The highest BCUT2D eigenvalue weighted by Gasteiger charge is 1.96. The highest BCUT2D eigenvalue weighted by Crippen LogP contribution is 2.21. The minimum absolute atomic E-state index is 0.112. The third kappa shape index (κ3) is 3.49. The van der Waals surface area contributed by atoms with Crippen LogP contribution < -0.4 is 11.2 Å². The van der Waals surface area contributed by atoms with E-state index in [9.17, 15) is 0 Å². The summed E-state index contributed by atoms with van der Waals surface area (Å²) in [6.07, 6.45) is 1.54. The maximum atomic E-state index is 5.79. The van der Waals surface area contributed by atoms with Crippen molar-refractivity contribution >= 4 is 46.7 Å². The molecular weight excluding hydrogens is 241 g/mol. The number of rotatable bonds is 2. The van der Waals surface area contributed by atoms with Crippen LogP contribution in [0.25, 0.3) is 0 Å². The Labute approximate surface area is 96.9 Å². The second kappa shape index (κ2) is 5.14. The predicted molar refractivity (Wildman–Crippen MR) is 64.0 cm³/mol. The Hall–Kier alpha value is -0.840. The largest absolute Gasteiger partial charge is 0.375 e. The van der Waals surface area contributed by atoms with Crippen molar-refractivity contribution in [2.75, 3.05) is 0 Å². The SMILES string of the molecule is NC(=S)N/N=C/c1ccc(Cl)c(Cl)c1. The lowest BCUT2D eigenvalue weighted by molar-refractivity contribution is 1.04. The van der Waals surface area contributed by atoms with Gasteiger partial charge in [0.1, 0.15) is 0 Å². The maximum absolute atomic E-state index is 5.79. The molecule has 1 aromatic rings. The van der Waals surface area contributed by atoms with Crippen molar-refractivity contribution in [2.24, 2.45) is 10.8 Å². The number of nitrogens with one attached hydrogen (secondary N) is 1. The molecule has 0 aliphatic carbocycles. The Kier molecular flexibility index (Phi) is 4.13. The molecule has 1 aromatic carbocycles. The molecule has 14 heavy (non-hydrogen) atoms. The number of hydrogen-bond donors (Lipinski definition) is 2. The molecular formula is C8H7Cl2N3S. The molecule has 0 aliphatic heterocycles. The van der Waals surface area contributed by atoms with Gasteiger partial charge in [-0.3, -0.25) is 5.43 Å². The van der Waals surface area contributed by atoms with E-state index < -0.39 is 0 Å². The van der Waals surface area contributed by atoms with E-state index in [4.69, 9.17) is 28.9 Å². The third-order valence-corrected chi connectivity index (χ3v) is 2.16. The zero-order valence-corrected chi connectivity index (χ0v) is 9.33. The number of halogens is 2. The summed E-state index contributed by atoms with van der Waals surface area (Å²) < 4.78 is 0. The van der Waals surface area contributed by atoms with E-state index in [0.29, 0.717) is 10.0 Å². The second-order valence-electron chi connectivity index (χ2n) is 2.41. The number of nitrogens with two attached hydrogens (primary N) is 1. The van der Waals surface area contributed by atoms with Gasteiger partial charge >= 0.3 is 0 Å². The van der Waals surface area contributed by atoms with Crippen molar-refractivity contribution in [1.29, 1.82) is 0 Å². The highest BCUT2D eigenvalue weighted by molar-refractivity contribution is 7.80. The number of benzene rings is 1. The first-order valence-electron chi connectivity index (χ1n) is 3.63. The van der Waals surface area contributed by atoms with E-state index in [-0.39, 0.29) is 5.11 Å². The molecule has 0 amide bonds. The molecule has 0 unspecified atom stereocenters. The van der Waals surface area contributed by atoms with Crippen LogP contribution in [-0.4, -0.2) is 11.3 Å². The lowest BCUT2D eigenvalue weighted by Crippen LogP contribution is -2.23. The Bertz CT molecular complexity index is 379. The fraction of sp³-hybridized carbons (Fsp3) is 0. The highest BCUT2D eigenvalue weighted by atomic mass is 35.5. The molecule has 6 heteroatoms. The van der Waals surface area contributed by atoms with Gasteiger partial charge < -0.3 is 5.73 Å². The molecule has 0 heterocycles. The summed E-state index contributed by atoms with van der Waals surface area (Å²) >= 11 is 16.1.